The van der Waals surface area contributed by atoms with Gasteiger partial charge in [0.05, 0.1) is 17.7 Å². The zero-order chi connectivity index (χ0) is 34.0. The minimum absolute atomic E-state index is 0.104. The van der Waals surface area contributed by atoms with Crippen LogP contribution in [-0.4, -0.2) is 49.3 Å². The smallest absolute Gasteiger partial charge is 0.381 e. The van der Waals surface area contributed by atoms with Gasteiger partial charge in [-0.3, -0.25) is 0 Å². The molecule has 0 saturated heterocycles. The molecule has 0 aliphatic rings. The molecule has 5 nitrogen and oxygen atoms in total. The molecule has 13 heteroatoms. The van der Waals surface area contributed by atoms with E-state index in [0.717, 1.165) is 54.8 Å². The van der Waals surface area contributed by atoms with Gasteiger partial charge >= 0.3 is 36.1 Å². The van der Waals surface area contributed by atoms with E-state index in [2.05, 4.69) is 23.5 Å². The number of carbonyl (C=O) groups excluding carboxylic acids is 2. The summed E-state index contributed by atoms with van der Waals surface area (Å²) in [7, 11) is 0. The number of unbranched alkanes of at least 4 members (excludes halogenated alkanes) is 3. The van der Waals surface area contributed by atoms with Gasteiger partial charge in [0.2, 0.25) is 0 Å². The first-order valence-electron chi connectivity index (χ1n) is 13.9. The van der Waals surface area contributed by atoms with Crippen molar-refractivity contribution in [2.45, 2.75) is 56.8 Å². The predicted molar refractivity (Wildman–Crippen MR) is 151 cm³/mol. The van der Waals surface area contributed by atoms with Crippen molar-refractivity contribution >= 4 is 11.9 Å². The summed E-state index contributed by atoms with van der Waals surface area (Å²) < 4.78 is 119. The summed E-state index contributed by atoms with van der Waals surface area (Å²) in [4.78, 5) is 24.4. The molecular weight excluding hydrogens is 628 g/mol. The molecule has 0 saturated carbocycles. The average molecular weight is 657 g/mol. The van der Waals surface area contributed by atoms with Crippen molar-refractivity contribution < 1.29 is 58.9 Å². The fourth-order valence-electron chi connectivity index (χ4n) is 3.72. The maximum atomic E-state index is 13.6. The monoisotopic (exact) mass is 656 g/mol. The van der Waals surface area contributed by atoms with Crippen LogP contribution in [0.15, 0.2) is 72.8 Å². The van der Waals surface area contributed by atoms with Crippen LogP contribution in [-0.2, 0) is 4.74 Å². The Morgan fingerprint density at radius 3 is 1.74 bits per heavy atom. The molecule has 0 aromatic heterocycles. The van der Waals surface area contributed by atoms with Gasteiger partial charge in [0, 0.05) is 11.1 Å². The van der Waals surface area contributed by atoms with E-state index in [1.54, 1.807) is 12.1 Å². The Kier molecular flexibility index (Phi) is 12.2. The van der Waals surface area contributed by atoms with E-state index in [1.807, 2.05) is 24.3 Å². The van der Waals surface area contributed by atoms with Crippen LogP contribution in [0.3, 0.4) is 0 Å². The molecule has 3 rings (SSSR count). The van der Waals surface area contributed by atoms with Crippen molar-refractivity contribution in [1.29, 1.82) is 0 Å². The van der Waals surface area contributed by atoms with Gasteiger partial charge in [0.1, 0.15) is 11.5 Å². The molecule has 0 radical (unpaired) electrons. The summed E-state index contributed by atoms with van der Waals surface area (Å²) in [6, 6.07) is 17.4. The number of halogens is 8. The topological polar surface area (TPSA) is 61.8 Å². The van der Waals surface area contributed by atoms with Crippen LogP contribution in [0.2, 0.25) is 0 Å². The van der Waals surface area contributed by atoms with Gasteiger partial charge in [-0.1, -0.05) is 38.0 Å². The molecule has 46 heavy (non-hydrogen) atoms. The highest BCUT2D eigenvalue weighted by Crippen LogP contribution is 2.48. The minimum atomic E-state index is -6.51. The number of alkyl halides is 8. The van der Waals surface area contributed by atoms with Gasteiger partial charge in [-0.15, -0.1) is 0 Å². The Morgan fingerprint density at radius 1 is 0.696 bits per heavy atom. The molecule has 0 unspecified atom stereocenters. The van der Waals surface area contributed by atoms with Crippen LogP contribution >= 0.6 is 0 Å². The third-order valence-electron chi connectivity index (χ3n) is 6.43. The molecule has 0 aliphatic carbocycles. The Balaban J connectivity index is 1.52. The summed E-state index contributed by atoms with van der Waals surface area (Å²) in [5.41, 5.74) is 0.997. The number of hydrogen-bond donors (Lipinski definition) is 0. The van der Waals surface area contributed by atoms with Gasteiger partial charge in [0.25, 0.3) is 0 Å². The van der Waals surface area contributed by atoms with E-state index >= 15 is 0 Å². The minimum Gasteiger partial charge on any atom is -0.494 e. The average Bonchev–Trinajstić information content (AvgIpc) is 3.03. The van der Waals surface area contributed by atoms with Crippen LogP contribution in [0.4, 0.5) is 35.1 Å². The fraction of sp³-hybridized carbons (Fsp3) is 0.333. The van der Waals surface area contributed by atoms with Crippen molar-refractivity contribution in [3.05, 3.63) is 95.1 Å². The highest BCUT2D eigenvalue weighted by molar-refractivity contribution is 5.92. The number of hydrogen-bond acceptors (Lipinski definition) is 5. The molecule has 0 spiro atoms. The summed E-state index contributed by atoms with van der Waals surface area (Å²) in [5, 5.41) is 0. The van der Waals surface area contributed by atoms with E-state index in [-0.39, 0.29) is 11.3 Å². The van der Waals surface area contributed by atoms with Gasteiger partial charge in [0.15, 0.2) is 6.61 Å². The first kappa shape index (κ1) is 35.9. The van der Waals surface area contributed by atoms with Crippen LogP contribution < -0.4 is 9.47 Å². The lowest BCUT2D eigenvalue weighted by atomic mass is 10.1. The number of esters is 2. The van der Waals surface area contributed by atoms with Crippen LogP contribution in [0.5, 0.6) is 11.5 Å². The maximum absolute atomic E-state index is 13.6. The van der Waals surface area contributed by atoms with E-state index < -0.39 is 48.3 Å². The Hall–Kier alpha value is -4.60. The van der Waals surface area contributed by atoms with E-state index in [9.17, 15) is 44.7 Å². The van der Waals surface area contributed by atoms with Crippen molar-refractivity contribution in [3.63, 3.8) is 0 Å². The standard InChI is InChI=1S/C33H28F8O5/c1-2-3-4-5-20-44-26-16-10-23(11-17-26)7-6-22-8-12-25(13-9-22)29(43)46-27-18-14-24(15-19-27)28(42)45-21-31(36,37)33(40,41)32(38,39)30(34)35/h8-19,30H,2-5,20-21H2,1H3. The molecule has 0 heterocycles. The van der Waals surface area contributed by atoms with Crippen molar-refractivity contribution in [3.8, 4) is 23.3 Å². The summed E-state index contributed by atoms with van der Waals surface area (Å²) in [5.74, 6) is -14.5. The fourth-order valence-corrected chi connectivity index (χ4v) is 3.72. The first-order chi connectivity index (χ1) is 21.7. The molecule has 0 atom stereocenters. The van der Waals surface area contributed by atoms with Crippen LogP contribution in [0.1, 0.15) is 64.4 Å². The van der Waals surface area contributed by atoms with E-state index in [0.29, 0.717) is 12.2 Å². The quantitative estimate of drug-likeness (QED) is 0.0572. The van der Waals surface area contributed by atoms with Gasteiger partial charge < -0.3 is 14.2 Å². The number of benzene rings is 3. The van der Waals surface area contributed by atoms with Crippen LogP contribution in [0.25, 0.3) is 0 Å². The van der Waals surface area contributed by atoms with Crippen molar-refractivity contribution in [1.82, 2.24) is 0 Å². The lowest BCUT2D eigenvalue weighted by molar-refractivity contribution is -0.343. The van der Waals surface area contributed by atoms with Crippen molar-refractivity contribution in [2.24, 2.45) is 0 Å². The predicted octanol–water partition coefficient (Wildman–Crippen LogP) is 8.59. The Labute approximate surface area is 259 Å². The second-order valence-corrected chi connectivity index (χ2v) is 9.95. The number of rotatable bonds is 14. The molecule has 3 aromatic carbocycles. The Bertz CT molecular complexity index is 1510. The zero-order valence-corrected chi connectivity index (χ0v) is 24.3. The molecular formula is C33H28F8O5. The molecule has 246 valence electrons. The first-order valence-corrected chi connectivity index (χ1v) is 13.9. The zero-order valence-electron chi connectivity index (χ0n) is 24.3. The largest absolute Gasteiger partial charge is 0.494 e. The van der Waals surface area contributed by atoms with E-state index in [4.69, 9.17) is 9.47 Å². The molecule has 0 N–H and O–H groups in total. The number of carbonyl (C=O) groups is 2. The van der Waals surface area contributed by atoms with Gasteiger partial charge in [-0.05, 0) is 79.2 Å². The van der Waals surface area contributed by atoms with Crippen LogP contribution in [0, 0.1) is 11.8 Å². The molecule has 0 fully saturated rings. The van der Waals surface area contributed by atoms with Gasteiger partial charge in [-0.2, -0.15) is 26.3 Å². The highest BCUT2D eigenvalue weighted by Gasteiger charge is 2.75. The number of ether oxygens (including phenoxy) is 3. The summed E-state index contributed by atoms with van der Waals surface area (Å²) >= 11 is 0. The molecule has 0 amide bonds. The van der Waals surface area contributed by atoms with E-state index in [1.165, 1.54) is 18.6 Å². The molecule has 0 aliphatic heterocycles. The third-order valence-corrected chi connectivity index (χ3v) is 6.43. The lowest BCUT2D eigenvalue weighted by Gasteiger charge is -2.31. The second-order valence-electron chi connectivity index (χ2n) is 9.95. The van der Waals surface area contributed by atoms with Crippen molar-refractivity contribution in [2.75, 3.05) is 13.2 Å². The summed E-state index contributed by atoms with van der Waals surface area (Å²) in [6.07, 6.45) is -0.647. The molecule has 3 aromatic rings. The van der Waals surface area contributed by atoms with Gasteiger partial charge in [-0.25, -0.2) is 18.4 Å². The SMILES string of the molecule is CCCCCCOc1ccc(C#Cc2ccc(C(=O)Oc3ccc(C(=O)OCC(F)(F)C(F)(F)C(F)(F)C(F)F)cc3)cc2)cc1. The second kappa shape index (κ2) is 15.6. The third kappa shape index (κ3) is 9.22. The lowest BCUT2D eigenvalue weighted by Crippen LogP contribution is -2.59. The Morgan fingerprint density at radius 2 is 1.20 bits per heavy atom. The normalized spacial score (nSPS) is 11.9. The summed E-state index contributed by atoms with van der Waals surface area (Å²) in [6.45, 7) is 0.195. The highest BCUT2D eigenvalue weighted by atomic mass is 19.4. The molecule has 0 bridgehead atoms. The maximum Gasteiger partial charge on any atom is 0.381 e.